The number of benzene rings is 1. The molecule has 1 fully saturated rings. The number of rotatable bonds is 3. The van der Waals surface area contributed by atoms with Crippen LogP contribution in [0.15, 0.2) is 29.1 Å². The first-order chi connectivity index (χ1) is 10.1. The van der Waals surface area contributed by atoms with Crippen molar-refractivity contribution in [2.45, 2.75) is 25.4 Å². The van der Waals surface area contributed by atoms with E-state index in [2.05, 4.69) is 4.98 Å². The van der Waals surface area contributed by atoms with Crippen LogP contribution in [0.4, 0.5) is 0 Å². The Morgan fingerprint density at radius 1 is 1.33 bits per heavy atom. The van der Waals surface area contributed by atoms with Gasteiger partial charge in [-0.25, -0.2) is 4.79 Å². The van der Waals surface area contributed by atoms with Gasteiger partial charge in [-0.1, -0.05) is 12.1 Å². The minimum atomic E-state index is -0.557. The molecule has 1 atom stereocenters. The zero-order chi connectivity index (χ0) is 15.0. The molecular formula is C14H16N4O3. The Bertz CT molecular complexity index is 761. The molecule has 7 nitrogen and oxygen atoms in total. The number of H-pyrrole nitrogens is 1. The van der Waals surface area contributed by atoms with Crippen molar-refractivity contribution in [3.8, 4) is 0 Å². The maximum Gasteiger partial charge on any atom is 0.326 e. The van der Waals surface area contributed by atoms with Gasteiger partial charge < -0.3 is 15.6 Å². The van der Waals surface area contributed by atoms with Crippen LogP contribution in [-0.4, -0.2) is 38.9 Å². The number of aromatic nitrogens is 2. The number of carbonyl (C=O) groups is 2. The molecule has 0 saturated carbocycles. The molecule has 21 heavy (non-hydrogen) atoms. The SMILES string of the molecule is NC(=O)C1CCCN1C(=O)Cn1c(=O)[nH]c2ccccc21. The van der Waals surface area contributed by atoms with Crippen LogP contribution in [0.5, 0.6) is 0 Å². The zero-order valence-corrected chi connectivity index (χ0v) is 11.4. The molecule has 1 saturated heterocycles. The lowest BCUT2D eigenvalue weighted by molar-refractivity contribution is -0.137. The fraction of sp³-hybridized carbons (Fsp3) is 0.357. The molecule has 0 radical (unpaired) electrons. The van der Waals surface area contributed by atoms with Crippen LogP contribution in [0, 0.1) is 0 Å². The average Bonchev–Trinajstić information content (AvgIpc) is 3.04. The molecule has 110 valence electrons. The molecule has 7 heteroatoms. The Labute approximate surface area is 120 Å². The molecular weight excluding hydrogens is 272 g/mol. The van der Waals surface area contributed by atoms with Crippen molar-refractivity contribution in [3.05, 3.63) is 34.7 Å². The normalized spacial score (nSPS) is 18.3. The molecule has 1 aliphatic rings. The number of imidazole rings is 1. The second-order valence-corrected chi connectivity index (χ2v) is 5.18. The van der Waals surface area contributed by atoms with Gasteiger partial charge in [0.05, 0.1) is 11.0 Å². The number of likely N-dealkylation sites (tertiary alicyclic amines) is 1. The maximum atomic E-state index is 12.4. The zero-order valence-electron chi connectivity index (χ0n) is 11.4. The summed E-state index contributed by atoms with van der Waals surface area (Å²) in [4.78, 5) is 39.8. The summed E-state index contributed by atoms with van der Waals surface area (Å²) in [5, 5.41) is 0. The Morgan fingerprint density at radius 2 is 2.10 bits per heavy atom. The van der Waals surface area contributed by atoms with Crippen LogP contribution in [0.3, 0.4) is 0 Å². The summed E-state index contributed by atoms with van der Waals surface area (Å²) in [5.41, 5.74) is 6.33. The third-order valence-corrected chi connectivity index (χ3v) is 3.88. The Balaban J connectivity index is 1.88. The van der Waals surface area contributed by atoms with E-state index in [1.165, 1.54) is 9.47 Å². The standard InChI is InChI=1S/C14H16N4O3/c15-13(20)11-6-3-7-17(11)12(19)8-18-10-5-2-1-4-9(10)16-14(18)21/h1-2,4-5,11H,3,6-8H2,(H2,15,20)(H,16,21). The molecule has 2 amide bonds. The number of para-hydroxylation sites is 2. The number of amides is 2. The highest BCUT2D eigenvalue weighted by Crippen LogP contribution is 2.18. The number of nitrogens with two attached hydrogens (primary N) is 1. The first-order valence-electron chi connectivity index (χ1n) is 6.84. The van der Waals surface area contributed by atoms with Crippen molar-refractivity contribution in [2.75, 3.05) is 6.54 Å². The number of fused-ring (bicyclic) bond motifs is 1. The summed E-state index contributed by atoms with van der Waals surface area (Å²) < 4.78 is 1.38. The van der Waals surface area contributed by atoms with E-state index in [0.717, 1.165) is 6.42 Å². The van der Waals surface area contributed by atoms with Crippen molar-refractivity contribution < 1.29 is 9.59 Å². The molecule has 3 rings (SSSR count). The number of hydrogen-bond donors (Lipinski definition) is 2. The van der Waals surface area contributed by atoms with Gasteiger partial charge in [-0.05, 0) is 25.0 Å². The monoisotopic (exact) mass is 288 g/mol. The van der Waals surface area contributed by atoms with Crippen LogP contribution in [0.1, 0.15) is 12.8 Å². The van der Waals surface area contributed by atoms with Gasteiger partial charge in [0, 0.05) is 6.54 Å². The summed E-state index contributed by atoms with van der Waals surface area (Å²) in [6.45, 7) is 0.413. The van der Waals surface area contributed by atoms with Crippen molar-refractivity contribution >= 4 is 22.8 Å². The first-order valence-corrected chi connectivity index (χ1v) is 6.84. The van der Waals surface area contributed by atoms with Gasteiger partial charge >= 0.3 is 5.69 Å². The molecule has 0 spiro atoms. The van der Waals surface area contributed by atoms with Crippen LogP contribution in [-0.2, 0) is 16.1 Å². The van der Waals surface area contributed by atoms with E-state index in [4.69, 9.17) is 5.73 Å². The minimum Gasteiger partial charge on any atom is -0.368 e. The highest BCUT2D eigenvalue weighted by molar-refractivity contribution is 5.88. The number of hydrogen-bond acceptors (Lipinski definition) is 3. The summed E-state index contributed by atoms with van der Waals surface area (Å²) in [6, 6.07) is 6.61. The smallest absolute Gasteiger partial charge is 0.326 e. The molecule has 1 aromatic heterocycles. The van der Waals surface area contributed by atoms with Gasteiger partial charge in [0.2, 0.25) is 11.8 Å². The van der Waals surface area contributed by atoms with Gasteiger partial charge in [0.25, 0.3) is 0 Å². The van der Waals surface area contributed by atoms with Gasteiger partial charge in [-0.15, -0.1) is 0 Å². The summed E-state index contributed by atoms with van der Waals surface area (Å²) in [7, 11) is 0. The number of nitrogens with one attached hydrogen (secondary N) is 1. The number of nitrogens with zero attached hydrogens (tertiary/aromatic N) is 2. The minimum absolute atomic E-state index is 0.0906. The predicted octanol–water partition coefficient (Wildman–Crippen LogP) is -0.194. The van der Waals surface area contributed by atoms with E-state index >= 15 is 0 Å². The molecule has 3 N–H and O–H groups in total. The summed E-state index contributed by atoms with van der Waals surface area (Å²) >= 11 is 0. The van der Waals surface area contributed by atoms with E-state index in [9.17, 15) is 14.4 Å². The summed E-state index contributed by atoms with van der Waals surface area (Å²) in [5.74, 6) is -0.754. The average molecular weight is 288 g/mol. The molecule has 1 aromatic carbocycles. The van der Waals surface area contributed by atoms with E-state index < -0.39 is 11.9 Å². The lowest BCUT2D eigenvalue weighted by Gasteiger charge is -2.22. The lowest BCUT2D eigenvalue weighted by atomic mass is 10.2. The summed E-state index contributed by atoms with van der Waals surface area (Å²) in [6.07, 6.45) is 1.34. The molecule has 0 aliphatic carbocycles. The first kappa shape index (κ1) is 13.4. The van der Waals surface area contributed by atoms with E-state index in [0.29, 0.717) is 24.0 Å². The predicted molar refractivity (Wildman–Crippen MR) is 76.5 cm³/mol. The molecule has 2 aromatic rings. The Morgan fingerprint density at radius 3 is 2.86 bits per heavy atom. The molecule has 1 unspecified atom stereocenters. The second kappa shape index (κ2) is 5.08. The lowest BCUT2D eigenvalue weighted by Crippen LogP contribution is -2.45. The number of aromatic amines is 1. The van der Waals surface area contributed by atoms with Gasteiger partial charge in [-0.2, -0.15) is 0 Å². The van der Waals surface area contributed by atoms with Crippen LogP contribution >= 0.6 is 0 Å². The molecule has 0 bridgehead atoms. The Hall–Kier alpha value is -2.57. The van der Waals surface area contributed by atoms with Gasteiger partial charge in [-0.3, -0.25) is 14.2 Å². The van der Waals surface area contributed by atoms with Crippen molar-refractivity contribution in [1.29, 1.82) is 0 Å². The maximum absolute atomic E-state index is 12.4. The molecule has 1 aliphatic heterocycles. The van der Waals surface area contributed by atoms with Gasteiger partial charge in [0.15, 0.2) is 0 Å². The fourth-order valence-electron chi connectivity index (χ4n) is 2.85. The largest absolute Gasteiger partial charge is 0.368 e. The van der Waals surface area contributed by atoms with Crippen molar-refractivity contribution in [2.24, 2.45) is 5.73 Å². The highest BCUT2D eigenvalue weighted by Gasteiger charge is 2.32. The van der Waals surface area contributed by atoms with Crippen molar-refractivity contribution in [1.82, 2.24) is 14.5 Å². The second-order valence-electron chi connectivity index (χ2n) is 5.18. The van der Waals surface area contributed by atoms with Crippen LogP contribution in [0.2, 0.25) is 0 Å². The fourth-order valence-corrected chi connectivity index (χ4v) is 2.85. The Kier molecular flexibility index (Phi) is 3.25. The van der Waals surface area contributed by atoms with Crippen LogP contribution < -0.4 is 11.4 Å². The molecule has 2 heterocycles. The third-order valence-electron chi connectivity index (χ3n) is 3.88. The van der Waals surface area contributed by atoms with E-state index in [1.807, 2.05) is 6.07 Å². The highest BCUT2D eigenvalue weighted by atomic mass is 16.2. The number of carbonyl (C=O) groups excluding carboxylic acids is 2. The van der Waals surface area contributed by atoms with Crippen molar-refractivity contribution in [3.63, 3.8) is 0 Å². The van der Waals surface area contributed by atoms with Crippen LogP contribution in [0.25, 0.3) is 11.0 Å². The quantitative estimate of drug-likeness (QED) is 0.818. The van der Waals surface area contributed by atoms with E-state index in [-0.39, 0.29) is 18.1 Å². The third kappa shape index (κ3) is 2.31. The van der Waals surface area contributed by atoms with E-state index in [1.54, 1.807) is 18.2 Å². The number of primary amides is 1. The van der Waals surface area contributed by atoms with Gasteiger partial charge in [0.1, 0.15) is 12.6 Å². The topological polar surface area (TPSA) is 101 Å².